The molecule has 0 saturated carbocycles. The predicted octanol–water partition coefficient (Wildman–Crippen LogP) is 12.6. The Balaban J connectivity index is 1.19. The second-order valence-electron chi connectivity index (χ2n) is 16.1. The fraction of sp³-hybridized carbons (Fsp3) is 0.283. The molecule has 1 N–H and O–H groups in total. The molecule has 56 heavy (non-hydrogen) atoms. The topological polar surface area (TPSA) is 86.6 Å². The molecule has 1 aromatic heterocycles. The number of phenols is 1. The molecule has 6 rings (SSSR count). The molecule has 0 aliphatic rings. The lowest BCUT2D eigenvalue weighted by molar-refractivity contribution is 0.311. The van der Waals surface area contributed by atoms with E-state index in [-0.39, 0.29) is 5.75 Å². The lowest BCUT2D eigenvalue weighted by Gasteiger charge is -2.38. The standard InChI is InChI=1S/C46H55N3O4Si3/c1-8-9-32-54(2,3)52-56(6,7)53-55(4,5)33-16-31-51-41-29-30-42(43(50)34-41)46-48-44(39-25-21-37(22-26-39)35-17-12-10-13-18-35)47-45(49-46)40-27-23-38(24-28-40)36-19-14-11-15-20-36/h10-15,17-30,34,50H,8-9,16,31-33H2,1-7H3. The van der Waals surface area contributed by atoms with Gasteiger partial charge in [0.25, 0.3) is 0 Å². The van der Waals surface area contributed by atoms with Crippen molar-refractivity contribution >= 4 is 25.2 Å². The lowest BCUT2D eigenvalue weighted by Crippen LogP contribution is -2.52. The molecule has 0 aliphatic carbocycles. The van der Waals surface area contributed by atoms with Crippen LogP contribution in [0.25, 0.3) is 56.4 Å². The van der Waals surface area contributed by atoms with Gasteiger partial charge in [0.05, 0.1) is 12.2 Å². The maximum Gasteiger partial charge on any atom is 0.311 e. The number of hydrogen-bond donors (Lipinski definition) is 1. The van der Waals surface area contributed by atoms with E-state index < -0.39 is 25.2 Å². The molecule has 0 unspecified atom stereocenters. The molecule has 0 saturated heterocycles. The fourth-order valence-corrected chi connectivity index (χ4v) is 21.4. The molecule has 0 amide bonds. The van der Waals surface area contributed by atoms with Crippen LogP contribution in [0.5, 0.6) is 11.5 Å². The van der Waals surface area contributed by atoms with E-state index in [0.29, 0.717) is 35.4 Å². The maximum absolute atomic E-state index is 11.4. The van der Waals surface area contributed by atoms with Gasteiger partial charge in [0.15, 0.2) is 34.1 Å². The van der Waals surface area contributed by atoms with Crippen molar-refractivity contribution in [1.29, 1.82) is 0 Å². The first-order valence-electron chi connectivity index (χ1n) is 19.7. The summed E-state index contributed by atoms with van der Waals surface area (Å²) in [6, 6.07) is 44.5. The molecule has 6 aromatic rings. The number of aromatic nitrogens is 3. The summed E-state index contributed by atoms with van der Waals surface area (Å²) in [7, 11) is -5.97. The molecule has 0 aliphatic heterocycles. The van der Waals surface area contributed by atoms with Crippen LogP contribution in [-0.2, 0) is 8.23 Å². The van der Waals surface area contributed by atoms with E-state index in [2.05, 4.69) is 94.7 Å². The summed E-state index contributed by atoms with van der Waals surface area (Å²) in [5, 5.41) is 11.4. The number of ether oxygens (including phenoxy) is 1. The van der Waals surface area contributed by atoms with E-state index in [0.717, 1.165) is 45.8 Å². The average molecular weight is 798 g/mol. The maximum atomic E-state index is 11.4. The summed E-state index contributed by atoms with van der Waals surface area (Å²) in [6.07, 6.45) is 3.26. The minimum atomic E-state index is -2.25. The predicted molar refractivity (Wildman–Crippen MR) is 238 cm³/mol. The number of unbranched alkanes of at least 4 members (excludes halogenated alkanes) is 1. The highest BCUT2D eigenvalue weighted by atomic mass is 28.5. The van der Waals surface area contributed by atoms with Crippen molar-refractivity contribution in [3.63, 3.8) is 0 Å². The Kier molecular flexibility index (Phi) is 13.2. The van der Waals surface area contributed by atoms with Crippen molar-refractivity contribution in [2.75, 3.05) is 6.61 Å². The molecular weight excluding hydrogens is 743 g/mol. The number of hydrogen-bond acceptors (Lipinski definition) is 7. The fourth-order valence-electron chi connectivity index (χ4n) is 7.17. The van der Waals surface area contributed by atoms with Crippen molar-refractivity contribution in [3.8, 4) is 67.9 Å². The Morgan fingerprint density at radius 2 is 0.929 bits per heavy atom. The molecule has 0 fully saturated rings. The van der Waals surface area contributed by atoms with Crippen LogP contribution in [0.1, 0.15) is 26.2 Å². The molecule has 0 bridgehead atoms. The van der Waals surface area contributed by atoms with Crippen molar-refractivity contribution < 1.29 is 18.1 Å². The molecular formula is C46H55N3O4Si3. The van der Waals surface area contributed by atoms with Crippen molar-refractivity contribution in [3.05, 3.63) is 127 Å². The van der Waals surface area contributed by atoms with Gasteiger partial charge in [0.1, 0.15) is 11.5 Å². The zero-order valence-electron chi connectivity index (χ0n) is 33.9. The zero-order valence-corrected chi connectivity index (χ0v) is 36.9. The molecule has 5 aromatic carbocycles. The first kappa shape index (κ1) is 40.9. The van der Waals surface area contributed by atoms with Gasteiger partial charge in [-0.05, 0) is 92.2 Å². The van der Waals surface area contributed by atoms with Gasteiger partial charge in [-0.15, -0.1) is 0 Å². The summed E-state index contributed by atoms with van der Waals surface area (Å²) in [5.41, 5.74) is 6.70. The lowest BCUT2D eigenvalue weighted by atomic mass is 10.0. The average Bonchev–Trinajstić information content (AvgIpc) is 3.18. The summed E-state index contributed by atoms with van der Waals surface area (Å²) >= 11 is 0. The highest BCUT2D eigenvalue weighted by molar-refractivity contribution is 6.87. The zero-order chi connectivity index (χ0) is 39.8. The first-order chi connectivity index (χ1) is 26.8. The van der Waals surface area contributed by atoms with Crippen LogP contribution in [0.3, 0.4) is 0 Å². The third-order valence-corrected chi connectivity index (χ3v) is 21.2. The summed E-state index contributed by atoms with van der Waals surface area (Å²) in [5.74, 6) is 2.06. The second kappa shape index (κ2) is 18.0. The summed E-state index contributed by atoms with van der Waals surface area (Å²) in [4.78, 5) is 14.7. The van der Waals surface area contributed by atoms with Crippen LogP contribution < -0.4 is 4.74 Å². The Morgan fingerprint density at radius 1 is 0.500 bits per heavy atom. The molecule has 0 spiro atoms. The van der Waals surface area contributed by atoms with Gasteiger partial charge in [0.2, 0.25) is 0 Å². The molecule has 7 nitrogen and oxygen atoms in total. The molecule has 1 heterocycles. The number of phenolic OH excluding ortho intramolecular Hbond substituents is 1. The van der Waals surface area contributed by atoms with Crippen molar-refractivity contribution in [1.82, 2.24) is 15.0 Å². The van der Waals surface area contributed by atoms with Crippen LogP contribution in [-0.4, -0.2) is 51.9 Å². The van der Waals surface area contributed by atoms with Gasteiger partial charge >= 0.3 is 8.56 Å². The third-order valence-electron chi connectivity index (χ3n) is 9.71. The van der Waals surface area contributed by atoms with E-state index in [1.54, 1.807) is 6.07 Å². The third kappa shape index (κ3) is 11.2. The molecule has 0 radical (unpaired) electrons. The van der Waals surface area contributed by atoms with Gasteiger partial charge in [-0.25, -0.2) is 15.0 Å². The van der Waals surface area contributed by atoms with Crippen molar-refractivity contribution in [2.24, 2.45) is 0 Å². The highest BCUT2D eigenvalue weighted by Gasteiger charge is 2.39. The summed E-state index contributed by atoms with van der Waals surface area (Å²) < 4.78 is 19.7. The van der Waals surface area contributed by atoms with E-state index in [4.69, 9.17) is 27.9 Å². The van der Waals surface area contributed by atoms with Gasteiger partial charge in [-0.3, -0.25) is 0 Å². The Morgan fingerprint density at radius 3 is 1.39 bits per heavy atom. The van der Waals surface area contributed by atoms with Gasteiger partial charge < -0.3 is 18.1 Å². The van der Waals surface area contributed by atoms with Crippen LogP contribution >= 0.6 is 0 Å². The van der Waals surface area contributed by atoms with E-state index in [1.807, 2.05) is 72.8 Å². The number of aromatic hydroxyl groups is 1. The second-order valence-corrected chi connectivity index (χ2v) is 28.5. The quantitative estimate of drug-likeness (QED) is 0.0726. The molecule has 10 heteroatoms. The van der Waals surface area contributed by atoms with Gasteiger partial charge in [0, 0.05) is 17.2 Å². The SMILES string of the molecule is CCCC[Si](C)(C)O[Si](C)(C)O[Si](C)(C)CCCOc1ccc(-c2nc(-c3ccc(-c4ccccc4)cc3)nc(-c3ccc(-c4ccccc4)cc3)n2)c(O)c1. The largest absolute Gasteiger partial charge is 0.507 e. The van der Waals surface area contributed by atoms with Crippen LogP contribution in [0.4, 0.5) is 0 Å². The monoisotopic (exact) mass is 797 g/mol. The Labute approximate surface area is 336 Å². The summed E-state index contributed by atoms with van der Waals surface area (Å²) in [6.45, 7) is 16.3. The van der Waals surface area contributed by atoms with E-state index in [9.17, 15) is 5.11 Å². The molecule has 0 atom stereocenters. The van der Waals surface area contributed by atoms with Crippen LogP contribution in [0.2, 0.25) is 51.4 Å². The minimum absolute atomic E-state index is 0.0437. The first-order valence-corrected chi connectivity index (χ1v) is 28.8. The van der Waals surface area contributed by atoms with Crippen molar-refractivity contribution in [2.45, 2.75) is 77.6 Å². The van der Waals surface area contributed by atoms with Gasteiger partial charge in [-0.2, -0.15) is 0 Å². The smallest absolute Gasteiger partial charge is 0.311 e. The van der Waals surface area contributed by atoms with Gasteiger partial charge in [-0.1, -0.05) is 129 Å². The Hall–Kier alpha value is -4.72. The van der Waals surface area contributed by atoms with E-state index in [1.165, 1.54) is 18.9 Å². The normalized spacial score (nSPS) is 12.1. The minimum Gasteiger partial charge on any atom is -0.507 e. The number of nitrogens with zero attached hydrogens (tertiary/aromatic N) is 3. The number of rotatable bonds is 17. The van der Waals surface area contributed by atoms with E-state index >= 15 is 0 Å². The molecule has 290 valence electrons. The number of benzene rings is 5. The van der Waals surface area contributed by atoms with Crippen LogP contribution in [0.15, 0.2) is 127 Å². The Bertz CT molecular complexity index is 2080. The highest BCUT2D eigenvalue weighted by Crippen LogP contribution is 2.34. The van der Waals surface area contributed by atoms with Crippen LogP contribution in [0, 0.1) is 0 Å².